The van der Waals surface area contributed by atoms with E-state index in [1.165, 1.54) is 13.0 Å². The maximum Gasteiger partial charge on any atom is 0.243 e. The summed E-state index contributed by atoms with van der Waals surface area (Å²) in [6.45, 7) is 5.90. The van der Waals surface area contributed by atoms with Gasteiger partial charge in [-0.05, 0) is 31.2 Å². The lowest BCUT2D eigenvalue weighted by molar-refractivity contribution is -0.916. The van der Waals surface area contributed by atoms with Gasteiger partial charge in [-0.25, -0.2) is 8.42 Å². The van der Waals surface area contributed by atoms with E-state index in [4.69, 9.17) is 4.74 Å². The van der Waals surface area contributed by atoms with Crippen LogP contribution < -0.4 is 9.64 Å². The fourth-order valence-corrected chi connectivity index (χ4v) is 4.87. The highest BCUT2D eigenvalue weighted by Gasteiger charge is 2.39. The van der Waals surface area contributed by atoms with Crippen LogP contribution in [0.4, 0.5) is 0 Å². The van der Waals surface area contributed by atoms with E-state index >= 15 is 0 Å². The Kier molecular flexibility index (Phi) is 4.19. The van der Waals surface area contributed by atoms with Gasteiger partial charge in [0.2, 0.25) is 10.0 Å². The third-order valence-corrected chi connectivity index (χ3v) is 6.39. The van der Waals surface area contributed by atoms with Crippen molar-refractivity contribution in [2.45, 2.75) is 30.7 Å². The fraction of sp³-hybridized carbons (Fsp3) is 0.600. The Bertz CT molecular complexity index is 585. The van der Waals surface area contributed by atoms with Crippen LogP contribution in [0.15, 0.2) is 29.2 Å². The van der Waals surface area contributed by atoms with E-state index in [0.29, 0.717) is 36.4 Å². The number of quaternary nitrogens is 1. The Morgan fingerprint density at radius 2 is 2.05 bits per heavy atom. The Labute approximate surface area is 126 Å². The third kappa shape index (κ3) is 2.93. The minimum atomic E-state index is -3.37. The molecule has 0 bridgehead atoms. The molecule has 6 heteroatoms. The smallest absolute Gasteiger partial charge is 0.243 e. The number of rotatable bonds is 4. The van der Waals surface area contributed by atoms with Gasteiger partial charge in [0.1, 0.15) is 11.8 Å². The molecule has 0 spiro atoms. The molecule has 2 heterocycles. The first-order valence-corrected chi connectivity index (χ1v) is 9.13. The van der Waals surface area contributed by atoms with Gasteiger partial charge >= 0.3 is 0 Å². The van der Waals surface area contributed by atoms with Gasteiger partial charge in [0.25, 0.3) is 0 Å². The zero-order valence-corrected chi connectivity index (χ0v) is 13.2. The van der Waals surface area contributed by atoms with E-state index in [1.807, 2.05) is 6.92 Å². The zero-order chi connectivity index (χ0) is 14.9. The summed E-state index contributed by atoms with van der Waals surface area (Å²) in [6.07, 6.45) is 2.36. The second kappa shape index (κ2) is 5.94. The molecule has 0 radical (unpaired) electrons. The van der Waals surface area contributed by atoms with Crippen molar-refractivity contribution >= 4 is 10.0 Å². The fourth-order valence-electron chi connectivity index (χ4n) is 3.38. The van der Waals surface area contributed by atoms with Crippen molar-refractivity contribution in [2.24, 2.45) is 0 Å². The van der Waals surface area contributed by atoms with E-state index in [2.05, 4.69) is 0 Å². The van der Waals surface area contributed by atoms with Crippen LogP contribution in [0.25, 0.3) is 0 Å². The first-order valence-electron chi connectivity index (χ1n) is 7.69. The molecule has 2 fully saturated rings. The quantitative estimate of drug-likeness (QED) is 0.860. The minimum absolute atomic E-state index is 0.368. The third-order valence-electron chi connectivity index (χ3n) is 4.51. The summed E-state index contributed by atoms with van der Waals surface area (Å²) in [6, 6.07) is 7.24. The molecule has 3 rings (SSSR count). The molecule has 1 N–H and O–H groups in total. The number of benzene rings is 1. The van der Waals surface area contributed by atoms with Crippen molar-refractivity contribution in [2.75, 3.05) is 32.8 Å². The van der Waals surface area contributed by atoms with Crippen LogP contribution >= 0.6 is 0 Å². The number of hydrogen-bond acceptors (Lipinski definition) is 3. The van der Waals surface area contributed by atoms with Crippen LogP contribution in [0.5, 0.6) is 5.75 Å². The summed E-state index contributed by atoms with van der Waals surface area (Å²) in [5, 5.41) is 0. The molecule has 2 aliphatic rings. The number of fused-ring (bicyclic) bond motifs is 1. The first kappa shape index (κ1) is 14.8. The summed E-state index contributed by atoms with van der Waals surface area (Å²) >= 11 is 0. The van der Waals surface area contributed by atoms with Gasteiger partial charge in [0, 0.05) is 12.8 Å². The number of piperazine rings is 1. The van der Waals surface area contributed by atoms with Gasteiger partial charge in [-0.15, -0.1) is 0 Å². The molecule has 116 valence electrons. The van der Waals surface area contributed by atoms with Crippen molar-refractivity contribution in [3.8, 4) is 5.75 Å². The molecule has 1 aromatic rings. The number of nitrogens with one attached hydrogen (secondary N) is 1. The molecule has 2 saturated heterocycles. The highest BCUT2D eigenvalue weighted by molar-refractivity contribution is 7.89. The summed E-state index contributed by atoms with van der Waals surface area (Å²) in [7, 11) is -3.37. The van der Waals surface area contributed by atoms with Gasteiger partial charge in [-0.2, -0.15) is 4.31 Å². The van der Waals surface area contributed by atoms with Crippen molar-refractivity contribution in [3.05, 3.63) is 24.3 Å². The van der Waals surface area contributed by atoms with Crippen LogP contribution in [-0.4, -0.2) is 51.6 Å². The molecule has 0 aliphatic carbocycles. The van der Waals surface area contributed by atoms with Crippen LogP contribution in [0, 0.1) is 0 Å². The SMILES string of the molecule is CCOc1ccc(S(=O)(=O)N2CC[NH+]3CCCC3C2)cc1. The lowest BCUT2D eigenvalue weighted by Crippen LogP contribution is -3.16. The monoisotopic (exact) mass is 311 g/mol. The molecular formula is C15H23N2O3S+. The molecular weight excluding hydrogens is 288 g/mol. The van der Waals surface area contributed by atoms with Crippen molar-refractivity contribution in [1.29, 1.82) is 0 Å². The molecule has 2 aliphatic heterocycles. The number of ether oxygens (including phenoxy) is 1. The summed E-state index contributed by atoms with van der Waals surface area (Å²) in [5.74, 6) is 0.710. The summed E-state index contributed by atoms with van der Waals surface area (Å²) in [5.41, 5.74) is 0. The van der Waals surface area contributed by atoms with Gasteiger partial charge in [-0.1, -0.05) is 0 Å². The maximum atomic E-state index is 12.7. The zero-order valence-electron chi connectivity index (χ0n) is 12.4. The van der Waals surface area contributed by atoms with Gasteiger partial charge in [0.05, 0.1) is 37.7 Å². The average molecular weight is 311 g/mol. The average Bonchev–Trinajstić information content (AvgIpc) is 2.95. The van der Waals surface area contributed by atoms with Crippen molar-refractivity contribution in [1.82, 2.24) is 4.31 Å². The molecule has 0 amide bonds. The van der Waals surface area contributed by atoms with Gasteiger partial charge < -0.3 is 9.64 Å². The van der Waals surface area contributed by atoms with Crippen LogP contribution in [0.3, 0.4) is 0 Å². The largest absolute Gasteiger partial charge is 0.494 e. The topological polar surface area (TPSA) is 51.1 Å². The molecule has 0 aromatic heterocycles. The van der Waals surface area contributed by atoms with E-state index in [0.717, 1.165) is 13.0 Å². The van der Waals surface area contributed by atoms with Gasteiger partial charge in [-0.3, -0.25) is 0 Å². The second-order valence-electron chi connectivity index (χ2n) is 5.76. The van der Waals surface area contributed by atoms with E-state index in [-0.39, 0.29) is 0 Å². The number of sulfonamides is 1. The minimum Gasteiger partial charge on any atom is -0.494 e. The van der Waals surface area contributed by atoms with E-state index < -0.39 is 10.0 Å². The second-order valence-corrected chi connectivity index (χ2v) is 7.70. The predicted molar refractivity (Wildman–Crippen MR) is 80.1 cm³/mol. The van der Waals surface area contributed by atoms with Crippen LogP contribution in [-0.2, 0) is 10.0 Å². The van der Waals surface area contributed by atoms with E-state index in [9.17, 15) is 8.42 Å². The van der Waals surface area contributed by atoms with Crippen LogP contribution in [0.1, 0.15) is 19.8 Å². The summed E-state index contributed by atoms with van der Waals surface area (Å²) < 4.78 is 32.5. The molecule has 5 nitrogen and oxygen atoms in total. The van der Waals surface area contributed by atoms with E-state index in [1.54, 1.807) is 33.5 Å². The van der Waals surface area contributed by atoms with Crippen LogP contribution in [0.2, 0.25) is 0 Å². The molecule has 2 unspecified atom stereocenters. The lowest BCUT2D eigenvalue weighted by Gasteiger charge is -2.34. The summed E-state index contributed by atoms with van der Waals surface area (Å²) in [4.78, 5) is 1.94. The highest BCUT2D eigenvalue weighted by Crippen LogP contribution is 2.21. The normalized spacial score (nSPS) is 26.5. The molecule has 1 aromatic carbocycles. The van der Waals surface area contributed by atoms with Crippen molar-refractivity contribution < 1.29 is 18.1 Å². The molecule has 2 atom stereocenters. The first-order chi connectivity index (χ1) is 10.1. The predicted octanol–water partition coefficient (Wildman–Crippen LogP) is 0.137. The Morgan fingerprint density at radius 3 is 2.76 bits per heavy atom. The molecule has 0 saturated carbocycles. The number of hydrogen-bond donors (Lipinski definition) is 1. The van der Waals surface area contributed by atoms with Crippen molar-refractivity contribution in [3.63, 3.8) is 0 Å². The van der Waals surface area contributed by atoms with Gasteiger partial charge in [0.15, 0.2) is 0 Å². The Balaban J connectivity index is 1.76. The lowest BCUT2D eigenvalue weighted by atomic mass is 10.2. The standard InChI is InChI=1S/C15H22N2O3S/c1-2-20-14-5-7-15(8-6-14)21(18,19)17-11-10-16-9-3-4-13(16)12-17/h5-8,13H,2-4,9-12H2,1H3/p+1. The molecule has 21 heavy (non-hydrogen) atoms. The highest BCUT2D eigenvalue weighted by atomic mass is 32.2. The Hall–Kier alpha value is -1.11. The Morgan fingerprint density at radius 1 is 1.29 bits per heavy atom. The maximum absolute atomic E-state index is 12.7. The number of nitrogens with zero attached hydrogens (tertiary/aromatic N) is 1.